The molecule has 0 radical (unpaired) electrons. The van der Waals surface area contributed by atoms with Crippen LogP contribution in [0.5, 0.6) is 0 Å². The van der Waals surface area contributed by atoms with Gasteiger partial charge in [-0.25, -0.2) is 0 Å². The van der Waals surface area contributed by atoms with Gasteiger partial charge in [-0.3, -0.25) is 9.78 Å². The first-order valence-electron chi connectivity index (χ1n) is 8.49. The molecule has 2 aromatic rings. The van der Waals surface area contributed by atoms with Crippen molar-refractivity contribution >= 4 is 17.8 Å². The molecule has 1 fully saturated rings. The Morgan fingerprint density at radius 3 is 2.68 bits per heavy atom. The smallest absolute Gasteiger partial charge is 0.253 e. The van der Waals surface area contributed by atoms with E-state index in [9.17, 15) is 4.79 Å². The third-order valence-electron chi connectivity index (χ3n) is 4.03. The Morgan fingerprint density at radius 1 is 1.20 bits per heavy atom. The van der Waals surface area contributed by atoms with Gasteiger partial charge in [0.25, 0.3) is 5.91 Å². The lowest BCUT2D eigenvalue weighted by Crippen LogP contribution is -2.32. The van der Waals surface area contributed by atoms with Crippen LogP contribution < -0.4 is 15.1 Å². The first-order chi connectivity index (χ1) is 12.1. The number of aromatic nitrogens is 4. The summed E-state index contributed by atoms with van der Waals surface area (Å²) >= 11 is 0. The van der Waals surface area contributed by atoms with Crippen LogP contribution in [0.4, 0.5) is 11.9 Å². The second-order valence-electron chi connectivity index (χ2n) is 6.22. The zero-order chi connectivity index (χ0) is 17.6. The van der Waals surface area contributed by atoms with Gasteiger partial charge in [-0.2, -0.15) is 15.0 Å². The second kappa shape index (κ2) is 7.87. The average molecular weight is 341 g/mol. The van der Waals surface area contributed by atoms with E-state index in [-0.39, 0.29) is 12.5 Å². The van der Waals surface area contributed by atoms with E-state index in [1.165, 1.54) is 12.6 Å². The Bertz CT molecular complexity index is 714. The van der Waals surface area contributed by atoms with Crippen molar-refractivity contribution in [2.75, 3.05) is 37.0 Å². The molecule has 3 heterocycles. The fraction of sp³-hybridized carbons (Fsp3) is 0.471. The van der Waals surface area contributed by atoms with E-state index in [1.807, 2.05) is 19.0 Å². The largest absolute Gasteiger partial charge is 0.347 e. The maximum atomic E-state index is 12.2. The number of hydrogen-bond acceptors (Lipinski definition) is 7. The van der Waals surface area contributed by atoms with E-state index in [0.717, 1.165) is 25.9 Å². The van der Waals surface area contributed by atoms with Crippen LogP contribution in [0.3, 0.4) is 0 Å². The standard InChI is InChI=1S/C17H23N7O/c1-23(2)16-20-14(12-19-15(25)13-7-6-8-18-11-13)21-17(22-16)24-9-4-3-5-10-24/h6-8,11H,3-5,9-10,12H2,1-2H3,(H,19,25). The monoisotopic (exact) mass is 341 g/mol. The number of carbonyl (C=O) groups is 1. The molecule has 1 amide bonds. The minimum absolute atomic E-state index is 0.195. The number of anilines is 2. The van der Waals surface area contributed by atoms with Crippen LogP contribution in [0.2, 0.25) is 0 Å². The first kappa shape index (κ1) is 17.1. The molecule has 0 spiro atoms. The lowest BCUT2D eigenvalue weighted by atomic mass is 10.1. The highest BCUT2D eigenvalue weighted by Gasteiger charge is 2.17. The molecule has 0 saturated carbocycles. The average Bonchev–Trinajstić information content (AvgIpc) is 2.67. The van der Waals surface area contributed by atoms with Gasteiger partial charge in [0.2, 0.25) is 11.9 Å². The molecule has 0 atom stereocenters. The van der Waals surface area contributed by atoms with Gasteiger partial charge in [0, 0.05) is 39.6 Å². The van der Waals surface area contributed by atoms with Gasteiger partial charge in [-0.05, 0) is 31.4 Å². The quantitative estimate of drug-likeness (QED) is 0.876. The summed E-state index contributed by atoms with van der Waals surface area (Å²) in [5, 5.41) is 2.84. The van der Waals surface area contributed by atoms with Crippen LogP contribution >= 0.6 is 0 Å². The normalized spacial score (nSPS) is 14.2. The highest BCUT2D eigenvalue weighted by Crippen LogP contribution is 2.17. The topological polar surface area (TPSA) is 87.1 Å². The van der Waals surface area contributed by atoms with Crippen molar-refractivity contribution in [1.29, 1.82) is 0 Å². The Labute approximate surface area is 147 Å². The zero-order valence-electron chi connectivity index (χ0n) is 14.6. The van der Waals surface area contributed by atoms with Gasteiger partial charge in [0.1, 0.15) is 0 Å². The predicted octanol–water partition coefficient (Wildman–Crippen LogP) is 1.25. The van der Waals surface area contributed by atoms with Crippen LogP contribution in [-0.4, -0.2) is 53.0 Å². The van der Waals surface area contributed by atoms with E-state index in [1.54, 1.807) is 18.3 Å². The SMILES string of the molecule is CN(C)c1nc(CNC(=O)c2cccnc2)nc(N2CCCCC2)n1. The molecule has 8 nitrogen and oxygen atoms in total. The van der Waals surface area contributed by atoms with Crippen molar-refractivity contribution in [3.63, 3.8) is 0 Å². The van der Waals surface area contributed by atoms with E-state index in [2.05, 4.69) is 30.2 Å². The molecule has 1 N–H and O–H groups in total. The number of carbonyl (C=O) groups excluding carboxylic acids is 1. The summed E-state index contributed by atoms with van der Waals surface area (Å²) in [5.74, 6) is 1.64. The van der Waals surface area contributed by atoms with Gasteiger partial charge in [0.15, 0.2) is 5.82 Å². The lowest BCUT2D eigenvalue weighted by molar-refractivity contribution is 0.0949. The highest BCUT2D eigenvalue weighted by atomic mass is 16.1. The van der Waals surface area contributed by atoms with Crippen molar-refractivity contribution in [3.05, 3.63) is 35.9 Å². The van der Waals surface area contributed by atoms with Gasteiger partial charge < -0.3 is 15.1 Å². The van der Waals surface area contributed by atoms with Crippen LogP contribution in [0.15, 0.2) is 24.5 Å². The van der Waals surface area contributed by atoms with E-state index in [4.69, 9.17) is 0 Å². The van der Waals surface area contributed by atoms with Crippen molar-refractivity contribution in [2.24, 2.45) is 0 Å². The number of rotatable bonds is 5. The fourth-order valence-corrected chi connectivity index (χ4v) is 2.67. The third kappa shape index (κ3) is 4.40. The van der Waals surface area contributed by atoms with Gasteiger partial charge >= 0.3 is 0 Å². The van der Waals surface area contributed by atoms with E-state index < -0.39 is 0 Å². The molecule has 8 heteroatoms. The molecule has 0 aromatic carbocycles. The summed E-state index contributed by atoms with van der Waals surface area (Å²) in [6.45, 7) is 2.16. The minimum atomic E-state index is -0.195. The first-order valence-corrected chi connectivity index (χ1v) is 8.49. The van der Waals surface area contributed by atoms with E-state index in [0.29, 0.717) is 23.3 Å². The highest BCUT2D eigenvalue weighted by molar-refractivity contribution is 5.93. The number of pyridine rings is 1. The maximum Gasteiger partial charge on any atom is 0.253 e. The summed E-state index contributed by atoms with van der Waals surface area (Å²) in [6.07, 6.45) is 6.71. The second-order valence-corrected chi connectivity index (χ2v) is 6.22. The molecule has 2 aromatic heterocycles. The van der Waals surface area contributed by atoms with Gasteiger partial charge in [0.05, 0.1) is 12.1 Å². The number of nitrogens with one attached hydrogen (secondary N) is 1. The zero-order valence-corrected chi connectivity index (χ0v) is 14.6. The van der Waals surface area contributed by atoms with Crippen molar-refractivity contribution in [3.8, 4) is 0 Å². The molecular weight excluding hydrogens is 318 g/mol. The van der Waals surface area contributed by atoms with Gasteiger partial charge in [-0.15, -0.1) is 0 Å². The molecule has 3 rings (SSSR count). The molecule has 0 aliphatic carbocycles. The third-order valence-corrected chi connectivity index (χ3v) is 4.03. The molecule has 132 valence electrons. The van der Waals surface area contributed by atoms with Crippen LogP contribution in [0.1, 0.15) is 35.4 Å². The van der Waals surface area contributed by atoms with Crippen LogP contribution in [0.25, 0.3) is 0 Å². The molecule has 1 aliphatic heterocycles. The molecule has 1 saturated heterocycles. The summed E-state index contributed by atoms with van der Waals surface area (Å²) in [6, 6.07) is 3.45. The molecule has 1 aliphatic rings. The Hall–Kier alpha value is -2.77. The maximum absolute atomic E-state index is 12.2. The number of amides is 1. The van der Waals surface area contributed by atoms with Crippen molar-refractivity contribution in [1.82, 2.24) is 25.3 Å². The summed E-state index contributed by atoms with van der Waals surface area (Å²) < 4.78 is 0. The number of piperidine rings is 1. The molecule has 0 bridgehead atoms. The summed E-state index contributed by atoms with van der Waals surface area (Å²) in [4.78, 5) is 33.7. The Kier molecular flexibility index (Phi) is 5.37. The minimum Gasteiger partial charge on any atom is -0.347 e. The molecule has 0 unspecified atom stereocenters. The molecular formula is C17H23N7O. The summed E-state index contributed by atoms with van der Waals surface area (Å²) in [7, 11) is 3.79. The molecule has 25 heavy (non-hydrogen) atoms. The lowest BCUT2D eigenvalue weighted by Gasteiger charge is -2.27. The van der Waals surface area contributed by atoms with Crippen molar-refractivity contribution in [2.45, 2.75) is 25.8 Å². The van der Waals surface area contributed by atoms with E-state index >= 15 is 0 Å². The fourth-order valence-electron chi connectivity index (χ4n) is 2.67. The summed E-state index contributed by atoms with van der Waals surface area (Å²) in [5.41, 5.74) is 0.514. The number of hydrogen-bond donors (Lipinski definition) is 1. The number of nitrogens with zero attached hydrogens (tertiary/aromatic N) is 6. The van der Waals surface area contributed by atoms with Crippen LogP contribution in [-0.2, 0) is 6.54 Å². The van der Waals surface area contributed by atoms with Gasteiger partial charge in [-0.1, -0.05) is 0 Å². The van der Waals surface area contributed by atoms with Crippen LogP contribution in [0, 0.1) is 0 Å². The Balaban J connectivity index is 1.75. The predicted molar refractivity (Wildman–Crippen MR) is 95.6 cm³/mol. The Morgan fingerprint density at radius 2 is 2.00 bits per heavy atom. The van der Waals surface area contributed by atoms with Crippen molar-refractivity contribution < 1.29 is 4.79 Å².